The number of Topliss-reactive ketones (excluding diaryl/α,β-unsaturated/α-hetero) is 1. The smallest absolute Gasteiger partial charge is 0.252 e. The molecule has 2 aromatic carbocycles. The van der Waals surface area contributed by atoms with E-state index in [0.717, 1.165) is 80.4 Å². The molecule has 194 valence electrons. The van der Waals surface area contributed by atoms with Crippen LogP contribution in [0.4, 0.5) is 0 Å². The third-order valence-electron chi connectivity index (χ3n) is 8.26. The van der Waals surface area contributed by atoms with Crippen LogP contribution in [0.5, 0.6) is 5.75 Å². The summed E-state index contributed by atoms with van der Waals surface area (Å²) in [6, 6.07) is 17.4. The molecule has 1 N–H and O–H groups in total. The predicted octanol–water partition coefficient (Wildman–Crippen LogP) is 5.52. The van der Waals surface area contributed by atoms with Crippen LogP contribution in [-0.4, -0.2) is 54.4 Å². The first-order valence-electron chi connectivity index (χ1n) is 13.7. The summed E-state index contributed by atoms with van der Waals surface area (Å²) in [6.07, 6.45) is 9.19. The molecule has 1 aliphatic heterocycles. The first-order chi connectivity index (χ1) is 18.1. The van der Waals surface area contributed by atoms with Crippen molar-refractivity contribution >= 4 is 22.6 Å². The van der Waals surface area contributed by atoms with E-state index in [0.29, 0.717) is 11.5 Å². The highest BCUT2D eigenvalue weighted by atomic mass is 16.5. The minimum atomic E-state index is 0.00843. The fourth-order valence-electron chi connectivity index (χ4n) is 5.93. The van der Waals surface area contributed by atoms with Gasteiger partial charge in [-0.05, 0) is 107 Å². The van der Waals surface area contributed by atoms with E-state index >= 15 is 0 Å². The molecule has 1 aliphatic carbocycles. The molecule has 2 aliphatic rings. The second kappa shape index (κ2) is 11.9. The zero-order valence-corrected chi connectivity index (χ0v) is 21.7. The second-order valence-corrected chi connectivity index (χ2v) is 10.6. The Morgan fingerprint density at radius 3 is 2.41 bits per heavy atom. The molecular formula is C31H37N3O3. The van der Waals surface area contributed by atoms with Crippen LogP contribution in [0.3, 0.4) is 0 Å². The molecule has 1 saturated heterocycles. The number of nitrogens with zero attached hydrogens (tertiary/aromatic N) is 2. The minimum Gasteiger partial charge on any atom is -0.497 e. The Labute approximate surface area is 219 Å². The van der Waals surface area contributed by atoms with Crippen molar-refractivity contribution in [2.75, 3.05) is 26.7 Å². The van der Waals surface area contributed by atoms with Gasteiger partial charge in [-0.2, -0.15) is 0 Å². The number of ketones is 1. The number of benzene rings is 2. The van der Waals surface area contributed by atoms with Crippen LogP contribution in [0.15, 0.2) is 60.8 Å². The lowest BCUT2D eigenvalue weighted by Gasteiger charge is -2.34. The number of nitrogens with one attached hydrogen (secondary N) is 1. The summed E-state index contributed by atoms with van der Waals surface area (Å²) in [5, 5.41) is 4.18. The lowest BCUT2D eigenvalue weighted by atomic mass is 9.83. The average Bonchev–Trinajstić information content (AvgIpc) is 2.96. The van der Waals surface area contributed by atoms with Crippen LogP contribution in [0, 0.1) is 11.8 Å². The maximum absolute atomic E-state index is 13.0. The van der Waals surface area contributed by atoms with E-state index < -0.39 is 0 Å². The van der Waals surface area contributed by atoms with E-state index in [4.69, 9.17) is 4.74 Å². The number of rotatable bonds is 8. The van der Waals surface area contributed by atoms with Crippen molar-refractivity contribution in [3.05, 3.63) is 71.9 Å². The van der Waals surface area contributed by atoms with Gasteiger partial charge in [0.25, 0.3) is 5.91 Å². The lowest BCUT2D eigenvalue weighted by Crippen LogP contribution is -2.39. The minimum absolute atomic E-state index is 0.00843. The van der Waals surface area contributed by atoms with E-state index in [1.165, 1.54) is 6.42 Å². The van der Waals surface area contributed by atoms with Gasteiger partial charge >= 0.3 is 0 Å². The summed E-state index contributed by atoms with van der Waals surface area (Å²) in [6.45, 7) is 3.10. The maximum atomic E-state index is 13.0. The standard InChI is InChI=1S/C31H37N3O3/c1-37-26-12-8-23(9-13-26)30(35)24-16-20-34(21-17-24)19-15-22-6-10-25(11-7-22)33-31(36)28-14-18-32-29-5-3-2-4-27(28)29/h2-5,8-9,12-14,18,22,24-25H,6-7,10-11,15-17,19-21H2,1H3,(H,33,36)/t22-,25-. The number of amides is 1. The molecule has 5 rings (SSSR count). The van der Waals surface area contributed by atoms with Crippen LogP contribution in [0.25, 0.3) is 10.9 Å². The van der Waals surface area contributed by atoms with Crippen molar-refractivity contribution in [1.82, 2.24) is 15.2 Å². The molecule has 6 heteroatoms. The Balaban J connectivity index is 1.02. The van der Waals surface area contributed by atoms with Gasteiger partial charge in [0, 0.05) is 29.1 Å². The summed E-state index contributed by atoms with van der Waals surface area (Å²) in [7, 11) is 1.64. The van der Waals surface area contributed by atoms with E-state index in [1.54, 1.807) is 13.3 Å². The van der Waals surface area contributed by atoms with Crippen molar-refractivity contribution in [2.24, 2.45) is 11.8 Å². The molecule has 0 spiro atoms. The van der Waals surface area contributed by atoms with Crippen LogP contribution < -0.4 is 10.1 Å². The molecule has 1 amide bonds. The molecule has 1 aromatic heterocycles. The molecule has 2 fully saturated rings. The Kier molecular flexibility index (Phi) is 8.15. The van der Waals surface area contributed by atoms with Crippen molar-refractivity contribution in [1.29, 1.82) is 0 Å². The van der Waals surface area contributed by atoms with Gasteiger partial charge in [-0.1, -0.05) is 18.2 Å². The molecule has 6 nitrogen and oxygen atoms in total. The number of fused-ring (bicyclic) bond motifs is 1. The summed E-state index contributed by atoms with van der Waals surface area (Å²) in [5.74, 6) is 1.90. The predicted molar refractivity (Wildman–Crippen MR) is 146 cm³/mol. The van der Waals surface area contributed by atoms with Crippen LogP contribution >= 0.6 is 0 Å². The number of para-hydroxylation sites is 1. The van der Waals surface area contributed by atoms with Gasteiger partial charge in [0.15, 0.2) is 5.78 Å². The quantitative estimate of drug-likeness (QED) is 0.414. The highest BCUT2D eigenvalue weighted by molar-refractivity contribution is 6.06. The lowest BCUT2D eigenvalue weighted by molar-refractivity contribution is 0.0832. The van der Waals surface area contributed by atoms with Gasteiger partial charge in [0.1, 0.15) is 5.75 Å². The zero-order chi connectivity index (χ0) is 25.6. The molecule has 0 unspecified atom stereocenters. The number of hydrogen-bond acceptors (Lipinski definition) is 5. The fraction of sp³-hybridized carbons (Fsp3) is 0.452. The summed E-state index contributed by atoms with van der Waals surface area (Å²) in [5.41, 5.74) is 2.36. The third-order valence-corrected chi connectivity index (χ3v) is 8.26. The van der Waals surface area contributed by atoms with E-state index in [2.05, 4.69) is 15.2 Å². The van der Waals surface area contributed by atoms with Crippen LogP contribution in [0.1, 0.15) is 65.7 Å². The van der Waals surface area contributed by atoms with Gasteiger partial charge in [0.05, 0.1) is 18.2 Å². The number of pyridine rings is 1. The van der Waals surface area contributed by atoms with Gasteiger partial charge in [-0.15, -0.1) is 0 Å². The van der Waals surface area contributed by atoms with E-state index in [1.807, 2.05) is 54.6 Å². The van der Waals surface area contributed by atoms with Gasteiger partial charge in [0.2, 0.25) is 0 Å². The monoisotopic (exact) mass is 499 g/mol. The number of carbonyl (C=O) groups excluding carboxylic acids is 2. The van der Waals surface area contributed by atoms with Crippen LogP contribution in [0.2, 0.25) is 0 Å². The Hall–Kier alpha value is -3.25. The molecule has 0 radical (unpaired) electrons. The Bertz CT molecular complexity index is 1200. The summed E-state index contributed by atoms with van der Waals surface area (Å²) < 4.78 is 5.20. The number of carbonyl (C=O) groups is 2. The molecule has 37 heavy (non-hydrogen) atoms. The van der Waals surface area contributed by atoms with E-state index in [9.17, 15) is 9.59 Å². The first kappa shape index (κ1) is 25.4. The molecular weight excluding hydrogens is 462 g/mol. The largest absolute Gasteiger partial charge is 0.497 e. The molecule has 1 saturated carbocycles. The number of likely N-dealkylation sites (tertiary alicyclic amines) is 1. The Morgan fingerprint density at radius 1 is 0.946 bits per heavy atom. The normalized spacial score (nSPS) is 21.0. The number of piperidine rings is 1. The highest BCUT2D eigenvalue weighted by Gasteiger charge is 2.27. The fourth-order valence-corrected chi connectivity index (χ4v) is 5.93. The SMILES string of the molecule is COc1ccc(C(=O)C2CCN(CC[C@H]3CC[C@H](NC(=O)c4ccnc5ccccc45)CC3)CC2)cc1. The van der Waals surface area contributed by atoms with Crippen molar-refractivity contribution in [2.45, 2.75) is 51.0 Å². The molecule has 0 atom stereocenters. The number of hydrogen-bond donors (Lipinski definition) is 1. The summed E-state index contributed by atoms with van der Waals surface area (Å²) >= 11 is 0. The van der Waals surface area contributed by atoms with E-state index in [-0.39, 0.29) is 23.7 Å². The van der Waals surface area contributed by atoms with Crippen molar-refractivity contribution in [3.63, 3.8) is 0 Å². The number of ether oxygens (including phenoxy) is 1. The van der Waals surface area contributed by atoms with Gasteiger partial charge in [-0.3, -0.25) is 14.6 Å². The third kappa shape index (κ3) is 6.19. The molecule has 2 heterocycles. The van der Waals surface area contributed by atoms with Gasteiger partial charge < -0.3 is 15.0 Å². The van der Waals surface area contributed by atoms with Gasteiger partial charge in [-0.25, -0.2) is 0 Å². The molecule has 3 aromatic rings. The number of methoxy groups -OCH3 is 1. The number of aromatic nitrogens is 1. The maximum Gasteiger partial charge on any atom is 0.252 e. The van der Waals surface area contributed by atoms with Crippen molar-refractivity contribution in [3.8, 4) is 5.75 Å². The Morgan fingerprint density at radius 2 is 1.68 bits per heavy atom. The average molecular weight is 500 g/mol. The molecule has 0 bridgehead atoms. The summed E-state index contributed by atoms with van der Waals surface area (Å²) in [4.78, 5) is 32.7. The topological polar surface area (TPSA) is 71.5 Å². The highest BCUT2D eigenvalue weighted by Crippen LogP contribution is 2.29. The first-order valence-corrected chi connectivity index (χ1v) is 13.7. The second-order valence-electron chi connectivity index (χ2n) is 10.6. The van der Waals surface area contributed by atoms with Crippen molar-refractivity contribution < 1.29 is 14.3 Å². The van der Waals surface area contributed by atoms with Crippen LogP contribution in [-0.2, 0) is 0 Å². The zero-order valence-electron chi connectivity index (χ0n) is 21.7.